The van der Waals surface area contributed by atoms with Gasteiger partial charge in [0.25, 0.3) is 0 Å². The number of rotatable bonds is 7. The van der Waals surface area contributed by atoms with E-state index in [0.29, 0.717) is 6.54 Å². The molecule has 0 spiro atoms. The Labute approximate surface area is 210 Å². The van der Waals surface area contributed by atoms with Crippen LogP contribution in [0.15, 0.2) is 59.7 Å². The first-order valence-corrected chi connectivity index (χ1v) is 13.3. The summed E-state index contributed by atoms with van der Waals surface area (Å²) in [4.78, 5) is 13.4. The van der Waals surface area contributed by atoms with Gasteiger partial charge in [-0.15, -0.1) is 0 Å². The third-order valence-electron chi connectivity index (χ3n) is 7.15. The maximum atomic E-state index is 13.4. The molecule has 5 nitrogen and oxygen atoms in total. The Kier molecular flexibility index (Phi) is 7.05. The van der Waals surface area contributed by atoms with Crippen molar-refractivity contribution in [2.75, 3.05) is 7.11 Å². The molecule has 2 aromatic rings. The number of hydrogen-bond donors (Lipinski definition) is 0. The molecule has 0 aromatic heterocycles. The first-order chi connectivity index (χ1) is 16.7. The average Bonchev–Trinajstić information content (AvgIpc) is 3.39. The van der Waals surface area contributed by atoms with Crippen LogP contribution in [0.3, 0.4) is 0 Å². The lowest BCUT2D eigenvalue weighted by atomic mass is 9.76. The molecule has 1 saturated carbocycles. The summed E-state index contributed by atoms with van der Waals surface area (Å²) < 4.78 is 11.9. The lowest BCUT2D eigenvalue weighted by molar-refractivity contribution is -0.138. The predicted octanol–water partition coefficient (Wildman–Crippen LogP) is 6.24. The van der Waals surface area contributed by atoms with Gasteiger partial charge >= 0.3 is 0 Å². The molecule has 2 aromatic carbocycles. The van der Waals surface area contributed by atoms with Gasteiger partial charge in [0.1, 0.15) is 0 Å². The SMILES string of the molecule is COc1ccc(C2=NN(Cc3ccc(CBr)cc3)C(=O)C3CC=CCC23)cc1OC1CCCC1. The molecule has 0 radical (unpaired) electrons. The average molecular weight is 523 g/mol. The molecule has 34 heavy (non-hydrogen) atoms. The van der Waals surface area contributed by atoms with Gasteiger partial charge in [-0.2, -0.15) is 5.10 Å². The van der Waals surface area contributed by atoms with Gasteiger partial charge in [0.15, 0.2) is 11.5 Å². The van der Waals surface area contributed by atoms with Crippen molar-refractivity contribution in [1.29, 1.82) is 0 Å². The second kappa shape index (κ2) is 10.3. The van der Waals surface area contributed by atoms with Gasteiger partial charge in [0.2, 0.25) is 5.91 Å². The Hall–Kier alpha value is -2.60. The number of carbonyl (C=O) groups is 1. The first-order valence-electron chi connectivity index (χ1n) is 12.2. The van der Waals surface area contributed by atoms with E-state index in [1.54, 1.807) is 12.1 Å². The van der Waals surface area contributed by atoms with Crippen LogP contribution in [0.1, 0.15) is 55.2 Å². The molecule has 1 heterocycles. The van der Waals surface area contributed by atoms with Crippen LogP contribution in [0.25, 0.3) is 0 Å². The highest BCUT2D eigenvalue weighted by molar-refractivity contribution is 9.08. The number of carbonyl (C=O) groups excluding carboxylic acids is 1. The van der Waals surface area contributed by atoms with Crippen molar-refractivity contribution in [2.24, 2.45) is 16.9 Å². The summed E-state index contributed by atoms with van der Waals surface area (Å²) in [5.41, 5.74) is 4.26. The molecule has 5 rings (SSSR count). The lowest BCUT2D eigenvalue weighted by Crippen LogP contribution is -2.45. The summed E-state index contributed by atoms with van der Waals surface area (Å²) >= 11 is 3.49. The number of hydrogen-bond acceptors (Lipinski definition) is 4. The fourth-order valence-corrected chi connectivity index (χ4v) is 5.61. The fraction of sp³-hybridized carbons (Fsp3) is 0.429. The van der Waals surface area contributed by atoms with Crippen LogP contribution in [0.2, 0.25) is 0 Å². The van der Waals surface area contributed by atoms with Crippen molar-refractivity contribution in [2.45, 2.75) is 56.5 Å². The summed E-state index contributed by atoms with van der Waals surface area (Å²) in [5.74, 6) is 1.62. The molecule has 2 unspecified atom stereocenters. The molecule has 0 saturated heterocycles. The van der Waals surface area contributed by atoms with E-state index in [1.807, 2.05) is 12.1 Å². The molecular formula is C28H31BrN2O3. The number of ether oxygens (including phenoxy) is 2. The molecule has 2 atom stereocenters. The van der Waals surface area contributed by atoms with E-state index >= 15 is 0 Å². The Morgan fingerprint density at radius 3 is 2.38 bits per heavy atom. The van der Waals surface area contributed by atoms with Crippen LogP contribution in [-0.4, -0.2) is 29.8 Å². The minimum atomic E-state index is -0.0828. The Morgan fingerprint density at radius 1 is 0.971 bits per heavy atom. The normalized spacial score (nSPS) is 22.5. The molecule has 6 heteroatoms. The number of hydrazone groups is 1. The van der Waals surface area contributed by atoms with Crippen molar-refractivity contribution in [3.63, 3.8) is 0 Å². The molecule has 1 aliphatic heterocycles. The van der Waals surface area contributed by atoms with Gasteiger partial charge in [-0.25, -0.2) is 5.01 Å². The zero-order valence-electron chi connectivity index (χ0n) is 19.6. The van der Waals surface area contributed by atoms with Crippen LogP contribution in [0, 0.1) is 11.8 Å². The summed E-state index contributed by atoms with van der Waals surface area (Å²) in [5, 5.41) is 7.43. The van der Waals surface area contributed by atoms with Gasteiger partial charge < -0.3 is 9.47 Å². The van der Waals surface area contributed by atoms with E-state index in [4.69, 9.17) is 14.6 Å². The number of benzene rings is 2. The molecule has 178 valence electrons. The van der Waals surface area contributed by atoms with E-state index in [1.165, 1.54) is 18.4 Å². The number of amides is 1. The molecule has 3 aliphatic rings. The van der Waals surface area contributed by atoms with Gasteiger partial charge in [0.05, 0.1) is 31.4 Å². The molecule has 0 bridgehead atoms. The molecule has 1 fully saturated rings. The van der Waals surface area contributed by atoms with Crippen LogP contribution in [-0.2, 0) is 16.7 Å². The number of nitrogens with zero attached hydrogens (tertiary/aromatic N) is 2. The van der Waals surface area contributed by atoms with Crippen molar-refractivity contribution < 1.29 is 14.3 Å². The third kappa shape index (κ3) is 4.78. The monoisotopic (exact) mass is 522 g/mol. The largest absolute Gasteiger partial charge is 0.493 e. The van der Waals surface area contributed by atoms with Crippen LogP contribution < -0.4 is 9.47 Å². The lowest BCUT2D eigenvalue weighted by Gasteiger charge is -2.37. The smallest absolute Gasteiger partial charge is 0.247 e. The number of methoxy groups -OCH3 is 1. The third-order valence-corrected chi connectivity index (χ3v) is 7.80. The minimum Gasteiger partial charge on any atom is -0.493 e. The van der Waals surface area contributed by atoms with E-state index in [9.17, 15) is 4.79 Å². The summed E-state index contributed by atoms with van der Waals surface area (Å²) in [6, 6.07) is 14.4. The number of alkyl halides is 1. The quantitative estimate of drug-likeness (QED) is 0.319. The first kappa shape index (κ1) is 23.2. The van der Waals surface area contributed by atoms with E-state index in [-0.39, 0.29) is 23.8 Å². The molecule has 2 aliphatic carbocycles. The van der Waals surface area contributed by atoms with Crippen molar-refractivity contribution >= 4 is 27.5 Å². The Bertz CT molecular complexity index is 1090. The van der Waals surface area contributed by atoms with Crippen LogP contribution in [0.4, 0.5) is 0 Å². The van der Waals surface area contributed by atoms with Gasteiger partial charge in [-0.1, -0.05) is 52.3 Å². The fourth-order valence-electron chi connectivity index (χ4n) is 5.24. The summed E-state index contributed by atoms with van der Waals surface area (Å²) in [7, 11) is 1.68. The number of allylic oxidation sites excluding steroid dienone is 2. The highest BCUT2D eigenvalue weighted by Crippen LogP contribution is 2.38. The highest BCUT2D eigenvalue weighted by atomic mass is 79.9. The van der Waals surface area contributed by atoms with Crippen LogP contribution >= 0.6 is 15.9 Å². The van der Waals surface area contributed by atoms with E-state index in [0.717, 1.165) is 59.4 Å². The second-order valence-electron chi connectivity index (χ2n) is 9.38. The van der Waals surface area contributed by atoms with Gasteiger partial charge in [0, 0.05) is 16.8 Å². The zero-order chi connectivity index (χ0) is 23.5. The van der Waals surface area contributed by atoms with Crippen molar-refractivity contribution in [3.05, 3.63) is 71.3 Å². The number of fused-ring (bicyclic) bond motifs is 1. The Balaban J connectivity index is 1.48. The number of halogens is 1. The predicted molar refractivity (Wildman–Crippen MR) is 137 cm³/mol. The standard InChI is InChI=1S/C28H31BrN2O3/c1-33-25-15-14-21(16-26(25)34-22-6-2-3-7-22)27-23-8-4-5-9-24(23)28(32)31(30-27)18-20-12-10-19(17-29)11-13-20/h4-5,10-16,22-24H,2-3,6-9,17-18H2,1H3. The molecule has 0 N–H and O–H groups in total. The van der Waals surface area contributed by atoms with Crippen molar-refractivity contribution in [1.82, 2.24) is 5.01 Å². The molecular weight excluding hydrogens is 492 g/mol. The minimum absolute atomic E-state index is 0.0808. The van der Waals surface area contributed by atoms with Gasteiger partial charge in [-0.05, 0) is 67.9 Å². The maximum absolute atomic E-state index is 13.4. The zero-order valence-corrected chi connectivity index (χ0v) is 21.2. The van der Waals surface area contributed by atoms with Crippen molar-refractivity contribution in [3.8, 4) is 11.5 Å². The second-order valence-corrected chi connectivity index (χ2v) is 9.94. The summed E-state index contributed by atoms with van der Waals surface area (Å²) in [6.45, 7) is 0.472. The van der Waals surface area contributed by atoms with Crippen LogP contribution in [0.5, 0.6) is 11.5 Å². The van der Waals surface area contributed by atoms with Gasteiger partial charge in [-0.3, -0.25) is 4.79 Å². The molecule has 1 amide bonds. The van der Waals surface area contributed by atoms with E-state index in [2.05, 4.69) is 58.4 Å². The highest BCUT2D eigenvalue weighted by Gasteiger charge is 2.40. The topological polar surface area (TPSA) is 51.1 Å². The Morgan fingerprint density at radius 2 is 1.68 bits per heavy atom. The summed E-state index contributed by atoms with van der Waals surface area (Å²) in [6.07, 6.45) is 10.7. The maximum Gasteiger partial charge on any atom is 0.247 e. The van der Waals surface area contributed by atoms with E-state index < -0.39 is 0 Å².